The van der Waals surface area contributed by atoms with Crippen molar-refractivity contribution in [3.63, 3.8) is 0 Å². The van der Waals surface area contributed by atoms with Crippen molar-refractivity contribution >= 4 is 10.0 Å². The van der Waals surface area contributed by atoms with E-state index in [4.69, 9.17) is 5.11 Å². The van der Waals surface area contributed by atoms with E-state index in [0.29, 0.717) is 17.5 Å². The van der Waals surface area contributed by atoms with Gasteiger partial charge in [-0.3, -0.25) is 0 Å². The van der Waals surface area contributed by atoms with E-state index in [1.807, 2.05) is 20.8 Å². The van der Waals surface area contributed by atoms with Crippen LogP contribution in [0.5, 0.6) is 0 Å². The molecule has 0 heterocycles. The molecule has 1 aromatic carbocycles. The molecule has 0 aromatic heterocycles. The fraction of sp³-hybridized carbons (Fsp3) is 0.467. The van der Waals surface area contributed by atoms with Crippen LogP contribution in [0.4, 0.5) is 0 Å². The summed E-state index contributed by atoms with van der Waals surface area (Å²) in [4.78, 5) is 0.226. The number of aliphatic hydroxyl groups excluding tert-OH is 1. The summed E-state index contributed by atoms with van der Waals surface area (Å²) in [5.41, 5.74) is 0.733. The maximum absolute atomic E-state index is 12.4. The third kappa shape index (κ3) is 4.34. The summed E-state index contributed by atoms with van der Waals surface area (Å²) in [6, 6.07) is 4.99. The standard InChI is InChI=1S/C15H21NO3S/c1-5-15(3,4)16-20(18,19)14-11-13(7-6-10-17)9-8-12(14)2/h8-9,11,16-17H,5,10H2,1-4H3. The quantitative estimate of drug-likeness (QED) is 0.833. The first-order valence-electron chi connectivity index (χ1n) is 6.46. The van der Waals surface area contributed by atoms with Crippen LogP contribution in [0.25, 0.3) is 0 Å². The lowest BCUT2D eigenvalue weighted by Crippen LogP contribution is -2.42. The number of benzene rings is 1. The molecule has 5 heteroatoms. The molecule has 0 amide bonds. The first-order valence-corrected chi connectivity index (χ1v) is 7.94. The van der Waals surface area contributed by atoms with Gasteiger partial charge >= 0.3 is 0 Å². The monoisotopic (exact) mass is 295 g/mol. The van der Waals surface area contributed by atoms with Crippen molar-refractivity contribution in [3.05, 3.63) is 29.3 Å². The van der Waals surface area contributed by atoms with Gasteiger partial charge in [0.1, 0.15) is 6.61 Å². The van der Waals surface area contributed by atoms with Crippen LogP contribution < -0.4 is 4.72 Å². The minimum absolute atomic E-state index is 0.226. The van der Waals surface area contributed by atoms with Crippen LogP contribution in [-0.4, -0.2) is 25.7 Å². The van der Waals surface area contributed by atoms with E-state index in [0.717, 1.165) is 0 Å². The average Bonchev–Trinajstić information content (AvgIpc) is 2.36. The first kappa shape index (κ1) is 16.7. The number of aliphatic hydroxyl groups is 1. The fourth-order valence-electron chi connectivity index (χ4n) is 1.60. The van der Waals surface area contributed by atoms with Gasteiger partial charge in [0, 0.05) is 11.1 Å². The molecule has 0 fully saturated rings. The Kier molecular flexibility index (Phi) is 5.35. The molecule has 0 aliphatic heterocycles. The van der Waals surface area contributed by atoms with Gasteiger partial charge < -0.3 is 5.11 Å². The van der Waals surface area contributed by atoms with Crippen LogP contribution in [0, 0.1) is 18.8 Å². The molecule has 0 atom stereocenters. The Morgan fingerprint density at radius 1 is 1.35 bits per heavy atom. The number of hydrogen-bond donors (Lipinski definition) is 2. The van der Waals surface area contributed by atoms with Crippen molar-refractivity contribution in [2.75, 3.05) is 6.61 Å². The maximum atomic E-state index is 12.4. The zero-order valence-corrected chi connectivity index (χ0v) is 13.1. The van der Waals surface area contributed by atoms with Crippen LogP contribution in [-0.2, 0) is 10.0 Å². The average molecular weight is 295 g/mol. The van der Waals surface area contributed by atoms with Crippen molar-refractivity contribution in [2.24, 2.45) is 0 Å². The molecule has 2 N–H and O–H groups in total. The second-order valence-electron chi connectivity index (χ2n) is 5.28. The lowest BCUT2D eigenvalue weighted by atomic mass is 10.0. The van der Waals surface area contributed by atoms with Gasteiger partial charge in [-0.2, -0.15) is 0 Å². The highest BCUT2D eigenvalue weighted by Gasteiger charge is 2.25. The molecular weight excluding hydrogens is 274 g/mol. The van der Waals surface area contributed by atoms with Crippen LogP contribution in [0.1, 0.15) is 38.3 Å². The molecule has 0 bridgehead atoms. The topological polar surface area (TPSA) is 66.4 Å². The van der Waals surface area contributed by atoms with Gasteiger partial charge in [0.25, 0.3) is 0 Å². The van der Waals surface area contributed by atoms with Gasteiger partial charge in [0.15, 0.2) is 0 Å². The Balaban J connectivity index is 3.24. The molecule has 4 nitrogen and oxygen atoms in total. The normalized spacial score (nSPS) is 11.8. The second kappa shape index (κ2) is 6.40. The van der Waals surface area contributed by atoms with Crippen molar-refractivity contribution in [1.82, 2.24) is 4.72 Å². The molecule has 0 saturated heterocycles. The SMILES string of the molecule is CCC(C)(C)NS(=O)(=O)c1cc(C#CCO)ccc1C. The highest BCUT2D eigenvalue weighted by atomic mass is 32.2. The first-order chi connectivity index (χ1) is 9.22. The number of hydrogen-bond acceptors (Lipinski definition) is 3. The molecule has 1 aromatic rings. The van der Waals surface area contributed by atoms with E-state index >= 15 is 0 Å². The predicted octanol–water partition coefficient (Wildman–Crippen LogP) is 1.81. The lowest BCUT2D eigenvalue weighted by Gasteiger charge is -2.24. The van der Waals surface area contributed by atoms with Crippen LogP contribution in [0.15, 0.2) is 23.1 Å². The lowest BCUT2D eigenvalue weighted by molar-refractivity contribution is 0.350. The Hall–Kier alpha value is -1.35. The van der Waals surface area contributed by atoms with Crippen molar-refractivity contribution in [3.8, 4) is 11.8 Å². The van der Waals surface area contributed by atoms with E-state index in [2.05, 4.69) is 16.6 Å². The van der Waals surface area contributed by atoms with Gasteiger partial charge in [-0.05, 0) is 44.9 Å². The van der Waals surface area contributed by atoms with E-state index in [-0.39, 0.29) is 11.5 Å². The minimum atomic E-state index is -3.59. The van der Waals surface area contributed by atoms with Crippen molar-refractivity contribution in [1.29, 1.82) is 0 Å². The van der Waals surface area contributed by atoms with Gasteiger partial charge in [-0.1, -0.05) is 24.8 Å². The molecular formula is C15H21NO3S. The maximum Gasteiger partial charge on any atom is 0.241 e. The Bertz CT molecular complexity index is 637. The van der Waals surface area contributed by atoms with E-state index < -0.39 is 15.6 Å². The molecule has 1 rings (SSSR count). The molecule has 0 spiro atoms. The third-order valence-electron chi connectivity index (χ3n) is 3.08. The minimum Gasteiger partial charge on any atom is -0.384 e. The van der Waals surface area contributed by atoms with Crippen molar-refractivity contribution in [2.45, 2.75) is 44.6 Å². The number of nitrogens with one attached hydrogen (secondary N) is 1. The smallest absolute Gasteiger partial charge is 0.241 e. The second-order valence-corrected chi connectivity index (χ2v) is 6.93. The zero-order chi connectivity index (χ0) is 15.4. The number of sulfonamides is 1. The highest BCUT2D eigenvalue weighted by molar-refractivity contribution is 7.89. The molecule has 0 aliphatic rings. The fourth-order valence-corrected chi connectivity index (χ4v) is 3.36. The van der Waals surface area contributed by atoms with Gasteiger partial charge in [-0.25, -0.2) is 13.1 Å². The van der Waals surface area contributed by atoms with Gasteiger partial charge in [0.05, 0.1) is 4.90 Å². The third-order valence-corrected chi connectivity index (χ3v) is 4.92. The van der Waals surface area contributed by atoms with E-state index in [1.165, 1.54) is 6.07 Å². The van der Waals surface area contributed by atoms with Crippen molar-refractivity contribution < 1.29 is 13.5 Å². The molecule has 0 unspecified atom stereocenters. The number of rotatable bonds is 4. The highest BCUT2D eigenvalue weighted by Crippen LogP contribution is 2.20. The van der Waals surface area contributed by atoms with E-state index in [1.54, 1.807) is 19.1 Å². The Labute approximate surface area is 121 Å². The molecule has 20 heavy (non-hydrogen) atoms. The number of aryl methyl sites for hydroxylation is 1. The summed E-state index contributed by atoms with van der Waals surface area (Å²) in [5.74, 6) is 5.23. The summed E-state index contributed by atoms with van der Waals surface area (Å²) in [5, 5.41) is 8.69. The molecule has 0 aliphatic carbocycles. The van der Waals surface area contributed by atoms with Crippen LogP contribution in [0.3, 0.4) is 0 Å². The predicted molar refractivity (Wildman–Crippen MR) is 79.8 cm³/mol. The van der Waals surface area contributed by atoms with Gasteiger partial charge in [0.2, 0.25) is 10.0 Å². The molecule has 0 radical (unpaired) electrons. The van der Waals surface area contributed by atoms with Crippen LogP contribution >= 0.6 is 0 Å². The largest absolute Gasteiger partial charge is 0.384 e. The molecule has 110 valence electrons. The van der Waals surface area contributed by atoms with Crippen LogP contribution in [0.2, 0.25) is 0 Å². The summed E-state index contributed by atoms with van der Waals surface area (Å²) < 4.78 is 27.6. The molecule has 0 saturated carbocycles. The summed E-state index contributed by atoms with van der Waals surface area (Å²) >= 11 is 0. The summed E-state index contributed by atoms with van der Waals surface area (Å²) in [6.07, 6.45) is 0.690. The Morgan fingerprint density at radius 2 is 2.00 bits per heavy atom. The zero-order valence-electron chi connectivity index (χ0n) is 12.3. The Morgan fingerprint density at radius 3 is 2.55 bits per heavy atom. The summed E-state index contributed by atoms with van der Waals surface area (Å²) in [7, 11) is -3.59. The van der Waals surface area contributed by atoms with Gasteiger partial charge in [-0.15, -0.1) is 0 Å². The van der Waals surface area contributed by atoms with E-state index in [9.17, 15) is 8.42 Å². The summed E-state index contributed by atoms with van der Waals surface area (Å²) in [6.45, 7) is 7.11.